The average Bonchev–Trinajstić information content (AvgIpc) is 3.31. The Morgan fingerprint density at radius 3 is 1.00 bits per heavy atom. The van der Waals surface area contributed by atoms with Crippen LogP contribution in [0.1, 0.15) is 233 Å². The molecule has 0 saturated carbocycles. The first kappa shape index (κ1) is 62.1. The van der Waals surface area contributed by atoms with Crippen molar-refractivity contribution in [3.05, 3.63) is 109 Å². The topological polar surface area (TPSA) is 78.9 Å². The van der Waals surface area contributed by atoms with Crippen LogP contribution in [0.25, 0.3) is 0 Å². The van der Waals surface area contributed by atoms with Crippen LogP contribution in [0.4, 0.5) is 0 Å². The van der Waals surface area contributed by atoms with Gasteiger partial charge in [-0.15, -0.1) is 0 Å². The molecule has 0 N–H and O–H groups in total. The Bertz CT molecular complexity index is 1370. The quantitative estimate of drug-likeness (QED) is 0.0262. The van der Waals surface area contributed by atoms with Gasteiger partial charge in [0.05, 0.1) is 0 Å². The van der Waals surface area contributed by atoms with E-state index >= 15 is 0 Å². The summed E-state index contributed by atoms with van der Waals surface area (Å²) in [4.78, 5) is 38.0. The molecule has 0 amide bonds. The molecule has 0 aromatic heterocycles. The third-order valence-corrected chi connectivity index (χ3v) is 11.0. The minimum atomic E-state index is -0.811. The second kappa shape index (κ2) is 53.7. The van der Waals surface area contributed by atoms with Crippen LogP contribution < -0.4 is 0 Å². The van der Waals surface area contributed by atoms with Crippen molar-refractivity contribution in [1.29, 1.82) is 0 Å². The van der Waals surface area contributed by atoms with Gasteiger partial charge in [-0.25, -0.2) is 0 Å². The number of hydrogen-bond acceptors (Lipinski definition) is 6. The molecule has 66 heavy (non-hydrogen) atoms. The molecule has 1 atom stereocenters. The van der Waals surface area contributed by atoms with Crippen LogP contribution in [0.2, 0.25) is 0 Å². The van der Waals surface area contributed by atoms with E-state index < -0.39 is 6.10 Å². The first-order valence-corrected chi connectivity index (χ1v) is 26.9. The smallest absolute Gasteiger partial charge is 0.306 e. The first-order chi connectivity index (χ1) is 32.5. The maximum atomic E-state index is 12.8. The molecule has 1 unspecified atom stereocenters. The van der Waals surface area contributed by atoms with E-state index in [1.165, 1.54) is 70.6 Å². The Balaban J connectivity index is 4.52. The minimum Gasteiger partial charge on any atom is -0.462 e. The van der Waals surface area contributed by atoms with Crippen molar-refractivity contribution in [3.8, 4) is 0 Å². The lowest BCUT2D eigenvalue weighted by atomic mass is 10.1. The maximum Gasteiger partial charge on any atom is 0.306 e. The molecule has 0 aliphatic heterocycles. The van der Waals surface area contributed by atoms with Crippen molar-refractivity contribution in [2.75, 3.05) is 13.2 Å². The van der Waals surface area contributed by atoms with Gasteiger partial charge < -0.3 is 14.2 Å². The van der Waals surface area contributed by atoms with E-state index in [2.05, 4.69) is 130 Å². The number of carbonyl (C=O) groups excluding carboxylic acids is 3. The molecule has 6 nitrogen and oxygen atoms in total. The molecule has 0 aromatic carbocycles. The van der Waals surface area contributed by atoms with Crippen molar-refractivity contribution in [2.45, 2.75) is 239 Å². The normalized spacial score (nSPS) is 13.0. The number of esters is 3. The van der Waals surface area contributed by atoms with Crippen LogP contribution >= 0.6 is 0 Å². The molecule has 0 bridgehead atoms. The van der Waals surface area contributed by atoms with E-state index in [-0.39, 0.29) is 37.5 Å². The summed E-state index contributed by atoms with van der Waals surface area (Å²) in [6.07, 6.45) is 72.2. The molecular weight excluding hydrogens is 817 g/mol. The zero-order valence-corrected chi connectivity index (χ0v) is 42.7. The zero-order chi connectivity index (χ0) is 47.9. The van der Waals surface area contributed by atoms with Gasteiger partial charge in [0.15, 0.2) is 6.10 Å². The van der Waals surface area contributed by atoms with E-state index in [4.69, 9.17) is 14.2 Å². The summed E-state index contributed by atoms with van der Waals surface area (Å²) in [6.45, 7) is 6.33. The van der Waals surface area contributed by atoms with Crippen molar-refractivity contribution in [2.24, 2.45) is 0 Å². The third kappa shape index (κ3) is 51.1. The monoisotopic (exact) mass is 915 g/mol. The molecule has 0 radical (unpaired) electrons. The molecule has 0 aromatic rings. The van der Waals surface area contributed by atoms with Gasteiger partial charge in [-0.05, 0) is 116 Å². The Kier molecular flexibility index (Phi) is 50.5. The first-order valence-electron chi connectivity index (χ1n) is 26.9. The van der Waals surface area contributed by atoms with Crippen LogP contribution in [0.5, 0.6) is 0 Å². The zero-order valence-electron chi connectivity index (χ0n) is 42.7. The van der Waals surface area contributed by atoms with Crippen molar-refractivity contribution in [3.63, 3.8) is 0 Å². The van der Waals surface area contributed by atoms with Gasteiger partial charge in [0.1, 0.15) is 13.2 Å². The van der Waals surface area contributed by atoms with Gasteiger partial charge in [0.2, 0.25) is 0 Å². The number of allylic oxidation sites excluding steroid dienone is 18. The van der Waals surface area contributed by atoms with Gasteiger partial charge in [-0.3, -0.25) is 14.4 Å². The van der Waals surface area contributed by atoms with Gasteiger partial charge in [0.25, 0.3) is 0 Å². The number of ether oxygens (including phenoxy) is 3. The highest BCUT2D eigenvalue weighted by atomic mass is 16.6. The van der Waals surface area contributed by atoms with E-state index in [0.717, 1.165) is 116 Å². The highest BCUT2D eigenvalue weighted by molar-refractivity contribution is 5.71. The number of unbranched alkanes of at least 4 members (excludes halogenated alkanes) is 18. The molecule has 0 fully saturated rings. The van der Waals surface area contributed by atoms with Gasteiger partial charge in [-0.2, -0.15) is 0 Å². The fourth-order valence-electron chi connectivity index (χ4n) is 7.02. The van der Waals surface area contributed by atoms with Crippen LogP contribution in [-0.2, 0) is 28.6 Å². The molecule has 0 spiro atoms. The highest BCUT2D eigenvalue weighted by Crippen LogP contribution is 2.13. The second-order valence-electron chi connectivity index (χ2n) is 17.4. The second-order valence-corrected chi connectivity index (χ2v) is 17.4. The van der Waals surface area contributed by atoms with Crippen LogP contribution in [0.15, 0.2) is 109 Å². The van der Waals surface area contributed by atoms with Crippen LogP contribution in [-0.4, -0.2) is 37.2 Å². The number of rotatable bonds is 47. The average molecular weight is 915 g/mol. The number of carbonyl (C=O) groups is 3. The highest BCUT2D eigenvalue weighted by Gasteiger charge is 2.19. The lowest BCUT2D eigenvalue weighted by Gasteiger charge is -2.18. The van der Waals surface area contributed by atoms with Crippen LogP contribution in [0.3, 0.4) is 0 Å². The summed E-state index contributed by atoms with van der Waals surface area (Å²) in [5.41, 5.74) is 0. The SMILES string of the molecule is CC/C=C\C/C=C\C/C=C\C/C=C\C/C=C\CCCC(=O)OCC(COC(=O)CCCCCCC/C=C\CCCCCCC)OC(=O)CCCCCCCCC/C=C\C/C=C\C/C=C\CC. The Morgan fingerprint density at radius 1 is 0.318 bits per heavy atom. The van der Waals surface area contributed by atoms with Crippen molar-refractivity contribution in [1.82, 2.24) is 0 Å². The molecule has 0 aliphatic carbocycles. The van der Waals surface area contributed by atoms with E-state index in [9.17, 15) is 14.4 Å². The molecule has 6 heteroatoms. The minimum absolute atomic E-state index is 0.106. The summed E-state index contributed by atoms with van der Waals surface area (Å²) in [5, 5.41) is 0. The molecule has 0 aliphatic rings. The molecule has 0 saturated heterocycles. The largest absolute Gasteiger partial charge is 0.462 e. The Hall–Kier alpha value is -3.93. The van der Waals surface area contributed by atoms with E-state index in [1.54, 1.807) is 0 Å². The summed E-state index contributed by atoms with van der Waals surface area (Å²) in [5.74, 6) is -0.987. The Morgan fingerprint density at radius 2 is 0.606 bits per heavy atom. The fraction of sp³-hybridized carbons (Fsp3) is 0.650. The lowest BCUT2D eigenvalue weighted by Crippen LogP contribution is -2.30. The molecule has 0 heterocycles. The Labute approximate surface area is 406 Å². The van der Waals surface area contributed by atoms with E-state index in [1.807, 2.05) is 0 Å². The summed E-state index contributed by atoms with van der Waals surface area (Å²) in [7, 11) is 0. The maximum absolute atomic E-state index is 12.8. The predicted molar refractivity (Wildman–Crippen MR) is 283 cm³/mol. The van der Waals surface area contributed by atoms with Crippen molar-refractivity contribution >= 4 is 17.9 Å². The van der Waals surface area contributed by atoms with Crippen LogP contribution in [0, 0.1) is 0 Å². The van der Waals surface area contributed by atoms with Gasteiger partial charge in [0, 0.05) is 19.3 Å². The third-order valence-electron chi connectivity index (χ3n) is 11.0. The van der Waals surface area contributed by atoms with Gasteiger partial charge in [-0.1, -0.05) is 207 Å². The molecular formula is C60H98O6. The fourth-order valence-corrected chi connectivity index (χ4v) is 7.02. The van der Waals surface area contributed by atoms with Gasteiger partial charge >= 0.3 is 17.9 Å². The predicted octanol–water partition coefficient (Wildman–Crippen LogP) is 17.9. The standard InChI is InChI=1S/C60H98O6/c1-4-7-10-13-16-19-22-25-28-30-32-35-38-41-44-47-50-53-59(62)65-56-57(55-64-58(61)52-49-46-43-40-37-34-27-24-21-18-15-12-9-6-3)66-60(63)54-51-48-45-42-39-36-33-31-29-26-23-20-17-14-11-8-5-2/h7-8,10-11,16-17,19-20,24-29,32,35,41,44,57H,4-6,9,12-15,18,21-23,30-31,33-34,36-40,42-43,45-56H2,1-3H3/b10-7-,11-8-,19-16-,20-17-,27-24-,28-25-,29-26-,35-32-,44-41-. The number of hydrogen-bond donors (Lipinski definition) is 0. The van der Waals surface area contributed by atoms with E-state index in [0.29, 0.717) is 19.3 Å². The lowest BCUT2D eigenvalue weighted by molar-refractivity contribution is -0.167. The summed E-state index contributed by atoms with van der Waals surface area (Å²) in [6, 6.07) is 0. The summed E-state index contributed by atoms with van der Waals surface area (Å²) >= 11 is 0. The molecule has 374 valence electrons. The molecule has 0 rings (SSSR count). The van der Waals surface area contributed by atoms with Crippen molar-refractivity contribution < 1.29 is 28.6 Å². The summed E-state index contributed by atoms with van der Waals surface area (Å²) < 4.78 is 16.8.